The number of aliphatic hydroxyl groups excluding tert-OH is 1. The number of amides is 3. The van der Waals surface area contributed by atoms with Gasteiger partial charge in [0.05, 0.1) is 30.6 Å². The number of aliphatic hydroxyl groups is 1. The second kappa shape index (κ2) is 11.2. The highest BCUT2D eigenvalue weighted by molar-refractivity contribution is 9.09. The number of rotatable bonds is 10. The summed E-state index contributed by atoms with van der Waals surface area (Å²) in [4.78, 5) is 47.4. The highest BCUT2D eigenvalue weighted by Gasteiger charge is 2.77. The lowest BCUT2D eigenvalue weighted by molar-refractivity contribution is -0.147. The van der Waals surface area contributed by atoms with Gasteiger partial charge in [-0.25, -0.2) is 0 Å². The highest BCUT2D eigenvalue weighted by Crippen LogP contribution is 2.61. The van der Waals surface area contributed by atoms with Crippen LogP contribution in [0.1, 0.15) is 31.4 Å². The van der Waals surface area contributed by atoms with Crippen molar-refractivity contribution in [2.45, 2.75) is 62.7 Å². The number of likely N-dealkylation sites (tertiary alicyclic amines) is 1. The standard InChI is InChI=1S/C30H40BrN3O5/c1-8-13-32(7)27(36)22-23-28(37)34(21(16-35)17(3)4)26(30(23)15-20(31)25(22)39-30)29(38)33(14-9-2)24-18(5)11-10-12-19(24)6/h8-12,17,20-23,25-26,35H,1-2,13-16H2,3-7H3/t20?,21-,22-,23-,25-,26?,30?/m0/s1. The van der Waals surface area contributed by atoms with Gasteiger partial charge in [-0.15, -0.1) is 13.2 Å². The molecule has 0 saturated carbocycles. The Kier molecular flexibility index (Phi) is 8.45. The fourth-order valence-electron chi connectivity index (χ4n) is 6.94. The van der Waals surface area contributed by atoms with E-state index in [9.17, 15) is 19.5 Å². The Labute approximate surface area is 239 Å². The number of likely N-dealkylation sites (N-methyl/N-ethyl adjacent to an activating group) is 1. The van der Waals surface area contributed by atoms with Crippen LogP contribution in [0, 0.1) is 31.6 Å². The molecule has 7 atom stereocenters. The molecule has 3 aliphatic rings. The van der Waals surface area contributed by atoms with E-state index in [4.69, 9.17) is 4.74 Å². The topological polar surface area (TPSA) is 90.4 Å². The second-order valence-corrected chi connectivity index (χ2v) is 12.6. The second-order valence-electron chi connectivity index (χ2n) is 11.4. The number of benzene rings is 1. The van der Waals surface area contributed by atoms with Crippen LogP contribution in [-0.2, 0) is 19.1 Å². The Morgan fingerprint density at radius 2 is 1.82 bits per heavy atom. The first-order valence-electron chi connectivity index (χ1n) is 13.6. The fourth-order valence-corrected chi connectivity index (χ4v) is 7.89. The number of anilines is 1. The Morgan fingerprint density at radius 1 is 1.21 bits per heavy atom. The van der Waals surface area contributed by atoms with Crippen LogP contribution in [0.3, 0.4) is 0 Å². The number of carbonyl (C=O) groups is 3. The van der Waals surface area contributed by atoms with Gasteiger partial charge in [-0.1, -0.05) is 60.1 Å². The van der Waals surface area contributed by atoms with Crippen molar-refractivity contribution in [3.63, 3.8) is 0 Å². The Bertz CT molecular complexity index is 1150. The molecule has 3 heterocycles. The van der Waals surface area contributed by atoms with E-state index < -0.39 is 35.6 Å². The minimum atomic E-state index is -1.21. The van der Waals surface area contributed by atoms with Crippen LogP contribution in [-0.4, -0.2) is 88.0 Å². The molecule has 3 unspecified atom stereocenters. The van der Waals surface area contributed by atoms with Crippen LogP contribution in [0.2, 0.25) is 0 Å². The number of halogens is 1. The van der Waals surface area contributed by atoms with Crippen LogP contribution in [0.15, 0.2) is 43.5 Å². The summed E-state index contributed by atoms with van der Waals surface area (Å²) in [5.41, 5.74) is 1.40. The van der Waals surface area contributed by atoms with Crippen LogP contribution < -0.4 is 4.90 Å². The lowest BCUT2D eigenvalue weighted by Crippen LogP contribution is -2.60. The summed E-state index contributed by atoms with van der Waals surface area (Å²) in [5.74, 6) is -2.53. The Hall–Kier alpha value is -2.49. The number of ether oxygens (including phenoxy) is 1. The summed E-state index contributed by atoms with van der Waals surface area (Å²) >= 11 is 3.72. The van der Waals surface area contributed by atoms with Crippen molar-refractivity contribution >= 4 is 39.3 Å². The quantitative estimate of drug-likeness (QED) is 0.328. The number of para-hydroxylation sites is 1. The van der Waals surface area contributed by atoms with Crippen molar-refractivity contribution in [1.29, 1.82) is 0 Å². The fraction of sp³-hybridized carbons (Fsp3) is 0.567. The van der Waals surface area contributed by atoms with E-state index in [-0.39, 0.29) is 41.6 Å². The van der Waals surface area contributed by atoms with Crippen molar-refractivity contribution in [2.24, 2.45) is 17.8 Å². The zero-order valence-corrected chi connectivity index (χ0v) is 25.1. The maximum Gasteiger partial charge on any atom is 0.253 e. The summed E-state index contributed by atoms with van der Waals surface area (Å²) < 4.78 is 6.65. The van der Waals surface area contributed by atoms with E-state index in [0.717, 1.165) is 16.8 Å². The van der Waals surface area contributed by atoms with Crippen LogP contribution >= 0.6 is 15.9 Å². The molecule has 1 spiro atoms. The Morgan fingerprint density at radius 3 is 2.36 bits per heavy atom. The van der Waals surface area contributed by atoms with Gasteiger partial charge in [-0.05, 0) is 37.3 Å². The molecule has 1 aromatic rings. The number of alkyl halides is 1. The molecule has 39 heavy (non-hydrogen) atoms. The van der Waals surface area contributed by atoms with E-state index in [1.807, 2.05) is 45.9 Å². The largest absolute Gasteiger partial charge is 0.394 e. The van der Waals surface area contributed by atoms with Gasteiger partial charge >= 0.3 is 0 Å². The average molecular weight is 603 g/mol. The number of hydrogen-bond donors (Lipinski definition) is 1. The van der Waals surface area contributed by atoms with Crippen LogP contribution in [0.5, 0.6) is 0 Å². The first kappa shape index (κ1) is 29.5. The molecule has 1 aromatic carbocycles. The molecule has 2 bridgehead atoms. The highest BCUT2D eigenvalue weighted by atomic mass is 79.9. The molecule has 212 valence electrons. The van der Waals surface area contributed by atoms with Gasteiger partial charge in [0.2, 0.25) is 11.8 Å². The maximum atomic E-state index is 14.8. The lowest BCUT2D eigenvalue weighted by atomic mass is 9.70. The molecule has 3 amide bonds. The van der Waals surface area contributed by atoms with Gasteiger partial charge in [-0.2, -0.15) is 0 Å². The molecule has 3 aliphatic heterocycles. The van der Waals surface area contributed by atoms with Crippen molar-refractivity contribution < 1.29 is 24.2 Å². The van der Waals surface area contributed by atoms with Gasteiger partial charge < -0.3 is 24.5 Å². The molecule has 0 aliphatic carbocycles. The molecule has 1 N–H and O–H groups in total. The maximum absolute atomic E-state index is 14.8. The molecule has 9 heteroatoms. The molecule has 4 rings (SSSR count). The lowest BCUT2D eigenvalue weighted by Gasteiger charge is -2.41. The van der Waals surface area contributed by atoms with Gasteiger partial charge in [-0.3, -0.25) is 14.4 Å². The first-order valence-corrected chi connectivity index (χ1v) is 14.5. The number of fused-ring (bicyclic) bond motifs is 1. The van der Waals surface area contributed by atoms with E-state index in [2.05, 4.69) is 29.1 Å². The summed E-state index contributed by atoms with van der Waals surface area (Å²) in [6, 6.07) is 4.21. The first-order chi connectivity index (χ1) is 18.5. The van der Waals surface area contributed by atoms with E-state index in [1.165, 1.54) is 4.90 Å². The van der Waals surface area contributed by atoms with E-state index in [1.54, 1.807) is 29.0 Å². The smallest absolute Gasteiger partial charge is 0.253 e. The number of hydrogen-bond acceptors (Lipinski definition) is 5. The van der Waals surface area contributed by atoms with Crippen molar-refractivity contribution in [1.82, 2.24) is 9.80 Å². The van der Waals surface area contributed by atoms with Crippen LogP contribution in [0.25, 0.3) is 0 Å². The van der Waals surface area contributed by atoms with Crippen LogP contribution in [0.4, 0.5) is 5.69 Å². The summed E-state index contributed by atoms with van der Waals surface area (Å²) in [6.07, 6.45) is 3.17. The molecule has 3 saturated heterocycles. The minimum Gasteiger partial charge on any atom is -0.394 e. The number of nitrogens with zero attached hydrogens (tertiary/aromatic N) is 3. The molecule has 0 radical (unpaired) electrons. The summed E-state index contributed by atoms with van der Waals surface area (Å²) in [7, 11) is 1.68. The third kappa shape index (κ3) is 4.56. The Balaban J connectivity index is 1.89. The van der Waals surface area contributed by atoms with Gasteiger partial charge in [0.15, 0.2) is 0 Å². The zero-order chi connectivity index (χ0) is 28.8. The van der Waals surface area contributed by atoms with Crippen molar-refractivity contribution in [3.05, 3.63) is 54.6 Å². The zero-order valence-electron chi connectivity index (χ0n) is 23.5. The van der Waals surface area contributed by atoms with Gasteiger partial charge in [0, 0.05) is 30.7 Å². The predicted molar refractivity (Wildman–Crippen MR) is 155 cm³/mol. The van der Waals surface area contributed by atoms with E-state index in [0.29, 0.717) is 13.0 Å². The van der Waals surface area contributed by atoms with E-state index >= 15 is 0 Å². The third-order valence-electron chi connectivity index (χ3n) is 8.63. The van der Waals surface area contributed by atoms with Gasteiger partial charge in [0.1, 0.15) is 11.6 Å². The number of aryl methyl sites for hydroxylation is 2. The average Bonchev–Trinajstić information content (AvgIpc) is 3.46. The van der Waals surface area contributed by atoms with Crippen molar-refractivity contribution in [2.75, 3.05) is 31.6 Å². The van der Waals surface area contributed by atoms with Gasteiger partial charge in [0.25, 0.3) is 5.91 Å². The molecule has 8 nitrogen and oxygen atoms in total. The molecular weight excluding hydrogens is 562 g/mol. The predicted octanol–water partition coefficient (Wildman–Crippen LogP) is 3.23. The monoisotopic (exact) mass is 601 g/mol. The summed E-state index contributed by atoms with van der Waals surface area (Å²) in [6.45, 7) is 15.6. The molecular formula is C30H40BrN3O5. The normalized spacial score (nSPS) is 29.9. The summed E-state index contributed by atoms with van der Waals surface area (Å²) in [5, 5.41) is 10.5. The molecule has 0 aromatic heterocycles. The third-order valence-corrected chi connectivity index (χ3v) is 9.47. The SMILES string of the molecule is C=CCN(C)C(=O)[C@H]1[C@H]2C(=O)N([C@@H](CO)C(C)C)C(C(=O)N(CC=C)c3c(C)cccc3C)C23CC(Br)[C@@H]1O3. The minimum absolute atomic E-state index is 0.132. The number of carbonyl (C=O) groups excluding carboxylic acids is 3. The van der Waals surface area contributed by atoms with Crippen molar-refractivity contribution in [3.8, 4) is 0 Å². The molecule has 3 fully saturated rings.